The van der Waals surface area contributed by atoms with E-state index in [0.717, 1.165) is 0 Å². The van der Waals surface area contributed by atoms with Crippen LogP contribution in [0.15, 0.2) is 29.4 Å². The van der Waals surface area contributed by atoms with Gasteiger partial charge in [0.05, 0.1) is 17.9 Å². The van der Waals surface area contributed by atoms with Crippen LogP contribution in [-0.4, -0.2) is 26.5 Å². The molecule has 1 aromatic heterocycles. The van der Waals surface area contributed by atoms with E-state index < -0.39 is 16.7 Å². The largest absolute Gasteiger partial charge is 0.380 e. The van der Waals surface area contributed by atoms with Crippen LogP contribution in [-0.2, 0) is 16.2 Å². The Labute approximate surface area is 142 Å². The molecule has 1 heterocycles. The van der Waals surface area contributed by atoms with Crippen LogP contribution < -0.4 is 5.73 Å². The number of oxime groups is 1. The molecule has 0 saturated heterocycles. The van der Waals surface area contributed by atoms with Crippen molar-refractivity contribution in [3.8, 4) is 0 Å². The Kier molecular flexibility index (Phi) is 5.42. The molecule has 0 aliphatic rings. The molecule has 2 rings (SSSR count). The van der Waals surface area contributed by atoms with Crippen molar-refractivity contribution in [1.82, 2.24) is 9.78 Å². The zero-order valence-corrected chi connectivity index (χ0v) is 13.6. The molecule has 2 N–H and O–H groups in total. The first kappa shape index (κ1) is 18.0. The van der Waals surface area contributed by atoms with Gasteiger partial charge in [-0.25, -0.2) is 9.18 Å². The van der Waals surface area contributed by atoms with Gasteiger partial charge in [0.1, 0.15) is 17.2 Å². The summed E-state index contributed by atoms with van der Waals surface area (Å²) in [5.74, 6) is -1.18. The number of aryl methyl sites for hydroxylation is 2. The minimum absolute atomic E-state index is 0.0740. The number of nitro groups is 1. The summed E-state index contributed by atoms with van der Waals surface area (Å²) in [6.45, 7) is 3.17. The maximum absolute atomic E-state index is 12.8. The maximum Gasteiger partial charge on any atom is 0.336 e. The Hall–Kier alpha value is -3.30. The Balaban J connectivity index is 1.95. The summed E-state index contributed by atoms with van der Waals surface area (Å²) in [6, 6.07) is 5.21. The van der Waals surface area contributed by atoms with Gasteiger partial charge in [-0.15, -0.1) is 0 Å². The fourth-order valence-electron chi connectivity index (χ4n) is 2.19. The van der Waals surface area contributed by atoms with Crippen molar-refractivity contribution < 1.29 is 18.9 Å². The van der Waals surface area contributed by atoms with E-state index in [1.165, 1.54) is 35.9 Å². The molecule has 9 nitrogen and oxygen atoms in total. The van der Waals surface area contributed by atoms with E-state index in [1.54, 1.807) is 6.92 Å². The van der Waals surface area contributed by atoms with E-state index >= 15 is 0 Å². The van der Waals surface area contributed by atoms with E-state index in [0.29, 0.717) is 11.3 Å². The van der Waals surface area contributed by atoms with Gasteiger partial charge in [-0.2, -0.15) is 5.10 Å². The molecule has 0 amide bonds. The first-order valence-corrected chi connectivity index (χ1v) is 7.27. The molecule has 0 spiro atoms. The summed E-state index contributed by atoms with van der Waals surface area (Å²) < 4.78 is 14.2. The topological polar surface area (TPSA) is 126 Å². The quantitative estimate of drug-likeness (QED) is 0.279. The first-order valence-electron chi connectivity index (χ1n) is 7.27. The fourth-order valence-corrected chi connectivity index (χ4v) is 2.19. The van der Waals surface area contributed by atoms with Crippen molar-refractivity contribution >= 4 is 17.5 Å². The summed E-state index contributed by atoms with van der Waals surface area (Å²) >= 11 is 0. The minimum atomic E-state index is -0.680. The molecule has 25 heavy (non-hydrogen) atoms. The lowest BCUT2D eigenvalue weighted by atomic mass is 10.2. The molecule has 0 fully saturated rings. The molecule has 0 unspecified atom stereocenters. The Morgan fingerprint density at radius 1 is 1.40 bits per heavy atom. The zero-order chi connectivity index (χ0) is 18.6. The van der Waals surface area contributed by atoms with Crippen LogP contribution in [0.2, 0.25) is 0 Å². The van der Waals surface area contributed by atoms with E-state index in [-0.39, 0.29) is 30.2 Å². The Morgan fingerprint density at radius 3 is 2.60 bits per heavy atom. The molecular weight excluding hydrogens is 333 g/mol. The van der Waals surface area contributed by atoms with Gasteiger partial charge in [-0.1, -0.05) is 5.16 Å². The molecule has 0 saturated carbocycles. The number of halogens is 1. The fraction of sp³-hybridized carbons (Fsp3) is 0.267. The van der Waals surface area contributed by atoms with Crippen LogP contribution >= 0.6 is 0 Å². The average Bonchev–Trinajstić information content (AvgIpc) is 2.85. The zero-order valence-electron chi connectivity index (χ0n) is 13.6. The monoisotopic (exact) mass is 349 g/mol. The van der Waals surface area contributed by atoms with Crippen LogP contribution in [0.5, 0.6) is 0 Å². The van der Waals surface area contributed by atoms with Gasteiger partial charge in [-0.3, -0.25) is 14.8 Å². The molecule has 0 aliphatic heterocycles. The summed E-state index contributed by atoms with van der Waals surface area (Å²) in [6.07, 6.45) is -0.0979. The highest BCUT2D eigenvalue weighted by molar-refractivity contribution is 5.97. The Bertz CT molecular complexity index is 829. The second kappa shape index (κ2) is 7.51. The van der Waals surface area contributed by atoms with Crippen LogP contribution in [0, 0.1) is 29.8 Å². The van der Waals surface area contributed by atoms with Crippen molar-refractivity contribution in [3.63, 3.8) is 0 Å². The van der Waals surface area contributed by atoms with Crippen molar-refractivity contribution in [2.45, 2.75) is 26.8 Å². The van der Waals surface area contributed by atoms with Gasteiger partial charge in [-0.05, 0) is 38.1 Å². The number of nitrogens with two attached hydrogens (primary N) is 1. The predicted octanol–water partition coefficient (Wildman–Crippen LogP) is 1.80. The number of rotatable bonds is 6. The summed E-state index contributed by atoms with van der Waals surface area (Å²) in [5, 5.41) is 18.5. The van der Waals surface area contributed by atoms with Crippen molar-refractivity contribution in [3.05, 3.63) is 57.1 Å². The highest BCUT2D eigenvalue weighted by atomic mass is 19.1. The minimum Gasteiger partial charge on any atom is -0.380 e. The van der Waals surface area contributed by atoms with Gasteiger partial charge in [0, 0.05) is 5.56 Å². The Morgan fingerprint density at radius 2 is 2.04 bits per heavy atom. The van der Waals surface area contributed by atoms with Gasteiger partial charge in [0.25, 0.3) is 0 Å². The molecular formula is C15H16FN5O4. The normalized spacial score (nSPS) is 11.4. The van der Waals surface area contributed by atoms with Gasteiger partial charge in [0.15, 0.2) is 5.84 Å². The number of benzene rings is 1. The molecule has 132 valence electrons. The number of carbonyl (C=O) groups excluding carboxylic acids is 1. The van der Waals surface area contributed by atoms with Crippen molar-refractivity contribution in [2.75, 3.05) is 0 Å². The third kappa shape index (κ3) is 4.37. The van der Waals surface area contributed by atoms with Crippen LogP contribution in [0.4, 0.5) is 10.1 Å². The number of hydrogen-bond donors (Lipinski definition) is 1. The molecule has 2 aromatic rings. The number of carbonyl (C=O) groups is 1. The second-order valence-corrected chi connectivity index (χ2v) is 5.20. The lowest BCUT2D eigenvalue weighted by Crippen LogP contribution is -2.16. The standard InChI is InChI=1S/C15H16FN5O4/c1-9-14(21(23)24)10(2)20(18-9)8-7-13(22)25-19-15(17)11-3-5-12(16)6-4-11/h3-6H,7-8H2,1-2H3,(H2,17,19). The number of aromatic nitrogens is 2. The molecule has 0 aliphatic carbocycles. The highest BCUT2D eigenvalue weighted by Gasteiger charge is 2.22. The van der Waals surface area contributed by atoms with E-state index in [1.807, 2.05) is 0 Å². The third-order valence-corrected chi connectivity index (χ3v) is 3.44. The smallest absolute Gasteiger partial charge is 0.336 e. The second-order valence-electron chi connectivity index (χ2n) is 5.20. The van der Waals surface area contributed by atoms with Crippen molar-refractivity contribution in [1.29, 1.82) is 0 Å². The molecule has 0 atom stereocenters. The number of nitrogens with zero attached hydrogens (tertiary/aromatic N) is 4. The first-order chi connectivity index (χ1) is 11.8. The lowest BCUT2D eigenvalue weighted by Gasteiger charge is -2.03. The van der Waals surface area contributed by atoms with Crippen LogP contribution in [0.3, 0.4) is 0 Å². The highest BCUT2D eigenvalue weighted by Crippen LogP contribution is 2.21. The molecule has 10 heteroatoms. The average molecular weight is 349 g/mol. The van der Waals surface area contributed by atoms with Crippen LogP contribution in [0.25, 0.3) is 0 Å². The van der Waals surface area contributed by atoms with Gasteiger partial charge in [0.2, 0.25) is 0 Å². The molecule has 0 radical (unpaired) electrons. The predicted molar refractivity (Wildman–Crippen MR) is 86.2 cm³/mol. The number of amidine groups is 1. The summed E-state index contributed by atoms with van der Waals surface area (Å²) in [4.78, 5) is 26.8. The van der Waals surface area contributed by atoms with E-state index in [4.69, 9.17) is 5.73 Å². The van der Waals surface area contributed by atoms with Crippen molar-refractivity contribution in [2.24, 2.45) is 10.9 Å². The van der Waals surface area contributed by atoms with Crippen LogP contribution in [0.1, 0.15) is 23.4 Å². The lowest BCUT2D eigenvalue weighted by molar-refractivity contribution is -0.386. The van der Waals surface area contributed by atoms with Gasteiger partial charge >= 0.3 is 11.7 Å². The third-order valence-electron chi connectivity index (χ3n) is 3.44. The summed E-state index contributed by atoms with van der Waals surface area (Å²) in [5.41, 5.74) is 6.59. The van der Waals surface area contributed by atoms with E-state index in [2.05, 4.69) is 15.1 Å². The molecule has 1 aromatic carbocycles. The number of hydrogen-bond acceptors (Lipinski definition) is 6. The van der Waals surface area contributed by atoms with E-state index in [9.17, 15) is 19.3 Å². The van der Waals surface area contributed by atoms with Gasteiger partial charge < -0.3 is 10.6 Å². The maximum atomic E-state index is 12.8. The molecule has 0 bridgehead atoms. The SMILES string of the molecule is Cc1nn(CCC(=O)O/N=C(\N)c2ccc(F)cc2)c(C)c1[N+](=O)[O-]. The summed E-state index contributed by atoms with van der Waals surface area (Å²) in [7, 11) is 0.